The Labute approximate surface area is 425 Å². The third-order valence-electron chi connectivity index (χ3n) is 11.9. The zero-order chi connectivity index (χ0) is 49.4. The van der Waals surface area contributed by atoms with Gasteiger partial charge in [-0.2, -0.15) is 0 Å². The van der Waals surface area contributed by atoms with Crippen LogP contribution >= 0.6 is 0 Å². The van der Waals surface area contributed by atoms with E-state index in [1.165, 1.54) is 0 Å². The third kappa shape index (κ3) is 19.8. The Morgan fingerprint density at radius 1 is 0.167 bits per heavy atom. The first-order valence-electron chi connectivity index (χ1n) is 25.7. The molecule has 0 atom stereocenters. The predicted molar refractivity (Wildman–Crippen MR) is 269 cm³/mol. The molecule has 2 heterocycles. The molecule has 3 aliphatic rings. The molecule has 0 saturated heterocycles. The summed E-state index contributed by atoms with van der Waals surface area (Å²) < 4.78 is 96.8. The van der Waals surface area contributed by atoms with Crippen molar-refractivity contribution >= 4 is 0 Å². The molecule has 0 aromatic heterocycles. The lowest BCUT2D eigenvalue weighted by atomic mass is 9.91. The first-order chi connectivity index (χ1) is 35.8. The Morgan fingerprint density at radius 2 is 0.292 bits per heavy atom. The fourth-order valence-electron chi connectivity index (χ4n) is 8.44. The van der Waals surface area contributed by atoms with E-state index in [9.17, 15) is 0 Å². The summed E-state index contributed by atoms with van der Waals surface area (Å²) >= 11 is 0. The molecular formula is C56H76O16. The zero-order valence-electron chi connectivity index (χ0n) is 42.1. The summed E-state index contributed by atoms with van der Waals surface area (Å²) in [5, 5.41) is 0. The molecule has 72 heavy (non-hydrogen) atoms. The van der Waals surface area contributed by atoms with E-state index in [2.05, 4.69) is 72.8 Å². The molecule has 1 aliphatic carbocycles. The second-order valence-electron chi connectivity index (χ2n) is 17.1. The average Bonchev–Trinajstić information content (AvgIpc) is 3.38. The van der Waals surface area contributed by atoms with Crippen molar-refractivity contribution in [3.8, 4) is 23.0 Å². The number of hydrogen-bond donors (Lipinski definition) is 0. The largest absolute Gasteiger partial charge is 0.491 e. The molecule has 0 unspecified atom stereocenters. The Hall–Kier alpha value is -4.40. The number of ether oxygens (including phenoxy) is 16. The van der Waals surface area contributed by atoms with Gasteiger partial charge in [-0.3, -0.25) is 0 Å². The van der Waals surface area contributed by atoms with Gasteiger partial charge in [0.05, 0.1) is 159 Å². The minimum Gasteiger partial charge on any atom is -0.491 e. The van der Waals surface area contributed by atoms with E-state index in [1.807, 2.05) is 0 Å². The molecule has 0 radical (unpaired) electrons. The summed E-state index contributed by atoms with van der Waals surface area (Å²) in [7, 11) is 0. The van der Waals surface area contributed by atoms with Gasteiger partial charge in [0, 0.05) is 25.7 Å². The van der Waals surface area contributed by atoms with Crippen molar-refractivity contribution < 1.29 is 75.8 Å². The third-order valence-corrected chi connectivity index (χ3v) is 11.9. The number of hydrogen-bond acceptors (Lipinski definition) is 16. The first kappa shape index (κ1) is 55.4. The molecule has 0 N–H and O–H groups in total. The zero-order valence-corrected chi connectivity index (χ0v) is 42.1. The Balaban J connectivity index is 1.22. The minimum atomic E-state index is 0.343. The van der Waals surface area contributed by atoms with E-state index >= 15 is 0 Å². The summed E-state index contributed by atoms with van der Waals surface area (Å²) in [6, 6.07) is 25.5. The molecule has 16 nitrogen and oxygen atoms in total. The Kier molecular flexibility index (Phi) is 26.3. The van der Waals surface area contributed by atoms with Gasteiger partial charge in [0.15, 0.2) is 0 Å². The van der Waals surface area contributed by atoms with E-state index in [0.29, 0.717) is 211 Å². The molecular weight excluding hydrogens is 929 g/mol. The summed E-state index contributed by atoms with van der Waals surface area (Å²) in [5.74, 6) is 3.23. The summed E-state index contributed by atoms with van der Waals surface area (Å²) in [4.78, 5) is 0. The highest BCUT2D eigenvalue weighted by molar-refractivity contribution is 5.56. The van der Waals surface area contributed by atoms with Crippen LogP contribution in [-0.2, 0) is 82.5 Å². The fraction of sp³-hybridized carbons (Fsp3) is 0.571. The van der Waals surface area contributed by atoms with Crippen LogP contribution in [-0.4, -0.2) is 185 Å². The standard InChI is InChI=1S/C56H76O16/c1-5-45-41-47-7-2-9-49-43-51-11-4-12-52-44-50-10-3-8-48(55(50)71-39-35-67-31-27-63-23-19-59-16-15-58-18-22-62-26-30-66-34-38-70-54(47)49)42-46(6-1)53(45)69-37-33-65-29-25-61-21-17-57-13-14-60-20-24-64-28-32-68-36-40-72-56(51)52/h1-12H,13-44H2. The molecule has 2 aliphatic heterocycles. The van der Waals surface area contributed by atoms with Crippen molar-refractivity contribution in [3.63, 3.8) is 0 Å². The Bertz CT molecular complexity index is 1730. The van der Waals surface area contributed by atoms with E-state index < -0.39 is 0 Å². The van der Waals surface area contributed by atoms with Crippen LogP contribution in [0.3, 0.4) is 0 Å². The maximum atomic E-state index is 6.78. The minimum absolute atomic E-state index is 0.343. The highest BCUT2D eigenvalue weighted by Crippen LogP contribution is 2.39. The van der Waals surface area contributed by atoms with Crippen LogP contribution in [0.5, 0.6) is 23.0 Å². The van der Waals surface area contributed by atoms with Crippen LogP contribution in [0, 0.1) is 0 Å². The fourth-order valence-corrected chi connectivity index (χ4v) is 8.44. The van der Waals surface area contributed by atoms with Crippen LogP contribution < -0.4 is 18.9 Å². The van der Waals surface area contributed by atoms with Gasteiger partial charge in [-0.15, -0.1) is 0 Å². The Morgan fingerprint density at radius 3 is 0.431 bits per heavy atom. The lowest BCUT2D eigenvalue weighted by molar-refractivity contribution is -0.0187. The highest BCUT2D eigenvalue weighted by atomic mass is 16.6. The molecule has 4 aromatic rings. The van der Waals surface area contributed by atoms with Gasteiger partial charge >= 0.3 is 0 Å². The normalized spacial score (nSPS) is 19.9. The number of rotatable bonds is 0. The second kappa shape index (κ2) is 34.2. The number of benzene rings is 4. The molecule has 0 saturated carbocycles. The van der Waals surface area contributed by atoms with Crippen LogP contribution in [0.25, 0.3) is 0 Å². The molecule has 7 rings (SSSR count). The van der Waals surface area contributed by atoms with Crippen molar-refractivity contribution in [1.29, 1.82) is 0 Å². The lowest BCUT2D eigenvalue weighted by Gasteiger charge is -2.23. The quantitative estimate of drug-likeness (QED) is 0.176. The number of para-hydroxylation sites is 4. The topological polar surface area (TPSA) is 148 Å². The molecule has 4 aromatic carbocycles. The summed E-state index contributed by atoms with van der Waals surface area (Å²) in [6.07, 6.45) is 2.19. The molecule has 0 spiro atoms. The maximum absolute atomic E-state index is 6.78. The van der Waals surface area contributed by atoms with Crippen LogP contribution in [0.4, 0.5) is 0 Å². The van der Waals surface area contributed by atoms with Crippen LogP contribution in [0.2, 0.25) is 0 Å². The van der Waals surface area contributed by atoms with Crippen LogP contribution in [0.15, 0.2) is 72.8 Å². The molecule has 16 heteroatoms. The van der Waals surface area contributed by atoms with Gasteiger partial charge in [-0.25, -0.2) is 0 Å². The van der Waals surface area contributed by atoms with Gasteiger partial charge in [0.2, 0.25) is 0 Å². The maximum Gasteiger partial charge on any atom is 0.126 e. The predicted octanol–water partition coefficient (Wildman–Crippen LogP) is 6.10. The monoisotopic (exact) mass is 1000 g/mol. The SMILES string of the molecule is c1cc2c3c(c1)Cc1cccc4c1OCCOCCOCCOCCOCCOCCOCCOc1c(cccc1Cc1cccc(c1OCCOCCOCCOCCOCCOCCOCCO3)C4)C2. The van der Waals surface area contributed by atoms with Crippen molar-refractivity contribution in [2.75, 3.05) is 185 Å². The van der Waals surface area contributed by atoms with E-state index in [1.54, 1.807) is 0 Å². The summed E-state index contributed by atoms with van der Waals surface area (Å²) in [6.45, 7) is 12.1. The highest BCUT2D eigenvalue weighted by Gasteiger charge is 2.22. The average molecular weight is 1010 g/mol. The first-order valence-corrected chi connectivity index (χ1v) is 25.7. The van der Waals surface area contributed by atoms with Crippen molar-refractivity contribution in [1.82, 2.24) is 0 Å². The van der Waals surface area contributed by atoms with Gasteiger partial charge in [0.25, 0.3) is 0 Å². The van der Waals surface area contributed by atoms with Crippen LogP contribution in [0.1, 0.15) is 44.5 Å². The van der Waals surface area contributed by atoms with E-state index in [-0.39, 0.29) is 0 Å². The van der Waals surface area contributed by atoms with E-state index in [0.717, 1.165) is 67.5 Å². The smallest absolute Gasteiger partial charge is 0.126 e. The molecule has 0 amide bonds. The molecule has 0 fully saturated rings. The molecule has 12 bridgehead atoms. The van der Waals surface area contributed by atoms with Crippen molar-refractivity contribution in [2.45, 2.75) is 25.7 Å². The van der Waals surface area contributed by atoms with Gasteiger partial charge in [-0.1, -0.05) is 72.8 Å². The summed E-state index contributed by atoms with van der Waals surface area (Å²) in [5.41, 5.74) is 8.19. The second-order valence-corrected chi connectivity index (χ2v) is 17.1. The van der Waals surface area contributed by atoms with Gasteiger partial charge in [-0.05, 0) is 44.5 Å². The van der Waals surface area contributed by atoms with E-state index in [4.69, 9.17) is 75.8 Å². The van der Waals surface area contributed by atoms with Gasteiger partial charge in [0.1, 0.15) is 49.4 Å². The molecule has 396 valence electrons. The lowest BCUT2D eigenvalue weighted by Crippen LogP contribution is -2.15. The van der Waals surface area contributed by atoms with Crippen molar-refractivity contribution in [2.24, 2.45) is 0 Å². The van der Waals surface area contributed by atoms with Gasteiger partial charge < -0.3 is 75.8 Å². The van der Waals surface area contributed by atoms with Crippen molar-refractivity contribution in [3.05, 3.63) is 117 Å².